The van der Waals surface area contributed by atoms with E-state index < -0.39 is 0 Å². The van der Waals surface area contributed by atoms with Crippen LogP contribution >= 0.6 is 23.1 Å². The SMILES string of the molecule is Cc1nc2c3ccccc3nc(SCc3cc(=O)n4c(C)csc4n3)n2n1. The predicted molar refractivity (Wildman–Crippen MR) is 107 cm³/mol. The van der Waals surface area contributed by atoms with Crippen molar-refractivity contribution in [2.45, 2.75) is 24.8 Å². The monoisotopic (exact) mass is 394 g/mol. The van der Waals surface area contributed by atoms with Crippen LogP contribution in [0.1, 0.15) is 17.2 Å². The summed E-state index contributed by atoms with van der Waals surface area (Å²) in [4.78, 5) is 27.0. The van der Waals surface area contributed by atoms with E-state index in [0.717, 1.165) is 33.1 Å². The van der Waals surface area contributed by atoms with E-state index in [0.29, 0.717) is 16.5 Å². The molecule has 0 saturated heterocycles. The minimum absolute atomic E-state index is 0.0532. The van der Waals surface area contributed by atoms with Crippen molar-refractivity contribution in [2.75, 3.05) is 0 Å². The van der Waals surface area contributed by atoms with Crippen molar-refractivity contribution in [3.05, 3.63) is 63.3 Å². The molecule has 5 aromatic rings. The van der Waals surface area contributed by atoms with Gasteiger partial charge in [0.1, 0.15) is 5.82 Å². The highest BCUT2D eigenvalue weighted by atomic mass is 32.2. The van der Waals surface area contributed by atoms with Crippen LogP contribution in [-0.4, -0.2) is 29.0 Å². The van der Waals surface area contributed by atoms with E-state index in [1.165, 1.54) is 23.1 Å². The molecule has 134 valence electrons. The van der Waals surface area contributed by atoms with Gasteiger partial charge in [-0.3, -0.25) is 9.20 Å². The molecule has 0 atom stereocenters. The molecule has 0 aliphatic heterocycles. The smallest absolute Gasteiger partial charge is 0.258 e. The Morgan fingerprint density at radius 1 is 1.15 bits per heavy atom. The predicted octanol–water partition coefficient (Wildman–Crippen LogP) is 3.26. The van der Waals surface area contributed by atoms with Crippen LogP contribution in [0.4, 0.5) is 0 Å². The Hall–Kier alpha value is -2.78. The minimum Gasteiger partial charge on any atom is -0.269 e. The van der Waals surface area contributed by atoms with E-state index in [-0.39, 0.29) is 5.56 Å². The number of thioether (sulfide) groups is 1. The van der Waals surface area contributed by atoms with Crippen LogP contribution in [0.15, 0.2) is 45.7 Å². The van der Waals surface area contributed by atoms with Crippen molar-refractivity contribution < 1.29 is 0 Å². The van der Waals surface area contributed by atoms with Crippen LogP contribution in [0.25, 0.3) is 21.5 Å². The highest BCUT2D eigenvalue weighted by Crippen LogP contribution is 2.26. The second-order valence-electron chi connectivity index (χ2n) is 6.18. The molecule has 7 nitrogen and oxygen atoms in total. The second kappa shape index (κ2) is 6.14. The zero-order valence-electron chi connectivity index (χ0n) is 14.6. The molecule has 5 rings (SSSR count). The van der Waals surface area contributed by atoms with Gasteiger partial charge in [-0.25, -0.2) is 15.0 Å². The molecule has 9 heteroatoms. The molecule has 0 saturated carbocycles. The van der Waals surface area contributed by atoms with Gasteiger partial charge in [0, 0.05) is 28.3 Å². The molecule has 0 spiro atoms. The van der Waals surface area contributed by atoms with Crippen LogP contribution in [0.3, 0.4) is 0 Å². The fourth-order valence-electron chi connectivity index (χ4n) is 3.04. The summed E-state index contributed by atoms with van der Waals surface area (Å²) >= 11 is 2.97. The lowest BCUT2D eigenvalue weighted by atomic mass is 10.2. The van der Waals surface area contributed by atoms with E-state index in [1.54, 1.807) is 15.0 Å². The van der Waals surface area contributed by atoms with Gasteiger partial charge < -0.3 is 0 Å². The summed E-state index contributed by atoms with van der Waals surface area (Å²) in [5, 5.41) is 8.12. The van der Waals surface area contributed by atoms with Crippen molar-refractivity contribution >= 4 is 44.6 Å². The summed E-state index contributed by atoms with van der Waals surface area (Å²) in [5.41, 5.74) is 3.24. The third-order valence-corrected chi connectivity index (χ3v) is 6.14. The molecule has 0 fully saturated rings. The number of para-hydroxylation sites is 1. The van der Waals surface area contributed by atoms with E-state index in [4.69, 9.17) is 4.98 Å². The molecular weight excluding hydrogens is 380 g/mol. The summed E-state index contributed by atoms with van der Waals surface area (Å²) < 4.78 is 3.40. The number of nitrogens with zero attached hydrogens (tertiary/aromatic N) is 6. The molecule has 27 heavy (non-hydrogen) atoms. The van der Waals surface area contributed by atoms with E-state index in [1.807, 2.05) is 43.5 Å². The minimum atomic E-state index is -0.0532. The summed E-state index contributed by atoms with van der Waals surface area (Å²) in [6.07, 6.45) is 0. The standard InChI is InChI=1S/C18H14N6OS2/c1-10-8-26-17-20-12(7-15(25)23(10)17)9-27-18-21-14-6-4-3-5-13(14)16-19-11(2)22-24(16)18/h3-8H,9H2,1-2H3. The van der Waals surface area contributed by atoms with Gasteiger partial charge in [0.2, 0.25) is 0 Å². The Balaban J connectivity index is 1.57. The molecular formula is C18H14N6OS2. The van der Waals surface area contributed by atoms with E-state index in [2.05, 4.69) is 15.1 Å². The fraction of sp³-hybridized carbons (Fsp3) is 0.167. The number of fused-ring (bicyclic) bond motifs is 4. The maximum Gasteiger partial charge on any atom is 0.258 e. The summed E-state index contributed by atoms with van der Waals surface area (Å²) in [5.74, 6) is 1.23. The maximum absolute atomic E-state index is 12.4. The average molecular weight is 394 g/mol. The zero-order valence-corrected chi connectivity index (χ0v) is 16.2. The van der Waals surface area contributed by atoms with Crippen molar-refractivity contribution in [1.29, 1.82) is 0 Å². The molecule has 0 aliphatic rings. The quantitative estimate of drug-likeness (QED) is 0.345. The first-order valence-corrected chi connectivity index (χ1v) is 10.2. The molecule has 0 bridgehead atoms. The fourth-order valence-corrected chi connectivity index (χ4v) is 4.77. The van der Waals surface area contributed by atoms with Gasteiger partial charge in [0.25, 0.3) is 5.56 Å². The number of hydrogen-bond donors (Lipinski definition) is 0. The summed E-state index contributed by atoms with van der Waals surface area (Å²) in [6.45, 7) is 3.77. The Morgan fingerprint density at radius 2 is 2.00 bits per heavy atom. The lowest BCUT2D eigenvalue weighted by Gasteiger charge is -2.06. The second-order valence-corrected chi connectivity index (χ2v) is 7.95. The number of aryl methyl sites for hydroxylation is 2. The van der Waals surface area contributed by atoms with E-state index >= 15 is 0 Å². The molecule has 4 heterocycles. The zero-order chi connectivity index (χ0) is 18.5. The lowest BCUT2D eigenvalue weighted by Crippen LogP contribution is -2.14. The highest BCUT2D eigenvalue weighted by molar-refractivity contribution is 7.98. The maximum atomic E-state index is 12.4. The number of rotatable bonds is 3. The van der Waals surface area contributed by atoms with Crippen molar-refractivity contribution in [1.82, 2.24) is 29.0 Å². The van der Waals surface area contributed by atoms with Gasteiger partial charge in [-0.05, 0) is 26.0 Å². The Morgan fingerprint density at radius 3 is 2.89 bits per heavy atom. The Kier molecular flexibility index (Phi) is 3.73. The number of benzene rings is 1. The Labute approximate surface area is 161 Å². The molecule has 0 radical (unpaired) electrons. The molecule has 1 aromatic carbocycles. The van der Waals surface area contributed by atoms with Crippen LogP contribution in [-0.2, 0) is 5.75 Å². The molecule has 0 amide bonds. The van der Waals surface area contributed by atoms with Gasteiger partial charge >= 0.3 is 0 Å². The van der Waals surface area contributed by atoms with Gasteiger partial charge in [-0.15, -0.1) is 16.4 Å². The van der Waals surface area contributed by atoms with E-state index in [9.17, 15) is 4.79 Å². The largest absolute Gasteiger partial charge is 0.269 e. The topological polar surface area (TPSA) is 77.5 Å². The first-order chi connectivity index (χ1) is 13.1. The van der Waals surface area contributed by atoms with Crippen LogP contribution < -0.4 is 5.56 Å². The van der Waals surface area contributed by atoms with Crippen LogP contribution in [0.5, 0.6) is 0 Å². The molecule has 0 unspecified atom stereocenters. The normalized spacial score (nSPS) is 11.8. The number of aromatic nitrogens is 6. The van der Waals surface area contributed by atoms with Crippen molar-refractivity contribution in [3.8, 4) is 0 Å². The summed E-state index contributed by atoms with van der Waals surface area (Å²) in [7, 11) is 0. The number of hydrogen-bond acceptors (Lipinski definition) is 7. The highest BCUT2D eigenvalue weighted by Gasteiger charge is 2.13. The first kappa shape index (κ1) is 16.4. The summed E-state index contributed by atoms with van der Waals surface area (Å²) in [6, 6.07) is 9.48. The third kappa shape index (κ3) is 2.70. The Bertz CT molecular complexity index is 1380. The van der Waals surface area contributed by atoms with Crippen molar-refractivity contribution in [2.24, 2.45) is 0 Å². The molecule has 4 aromatic heterocycles. The third-order valence-electron chi connectivity index (χ3n) is 4.23. The van der Waals surface area contributed by atoms with Crippen LogP contribution in [0.2, 0.25) is 0 Å². The first-order valence-electron chi connectivity index (χ1n) is 8.32. The molecule has 0 N–H and O–H groups in total. The van der Waals surface area contributed by atoms with Gasteiger partial charge in [-0.2, -0.15) is 4.52 Å². The van der Waals surface area contributed by atoms with Crippen molar-refractivity contribution in [3.63, 3.8) is 0 Å². The lowest BCUT2D eigenvalue weighted by molar-refractivity contribution is 0.796. The van der Waals surface area contributed by atoms with Gasteiger partial charge in [0.15, 0.2) is 15.8 Å². The van der Waals surface area contributed by atoms with Gasteiger partial charge in [0.05, 0.1) is 11.2 Å². The number of thiazole rings is 1. The van der Waals surface area contributed by atoms with Gasteiger partial charge in [-0.1, -0.05) is 23.9 Å². The molecule has 0 aliphatic carbocycles. The average Bonchev–Trinajstić information content (AvgIpc) is 3.23. The van der Waals surface area contributed by atoms with Crippen LogP contribution in [0, 0.1) is 13.8 Å².